The van der Waals surface area contributed by atoms with Gasteiger partial charge in [-0.15, -0.1) is 0 Å². The molecule has 0 radical (unpaired) electrons. The molecule has 0 atom stereocenters. The van der Waals surface area contributed by atoms with Gasteiger partial charge < -0.3 is 20.2 Å². The van der Waals surface area contributed by atoms with Crippen LogP contribution >= 0.6 is 0 Å². The lowest BCUT2D eigenvalue weighted by atomic mass is 9.91. The molecule has 5 heteroatoms. The van der Waals surface area contributed by atoms with Gasteiger partial charge in [-0.2, -0.15) is 0 Å². The zero-order chi connectivity index (χ0) is 27.2. The van der Waals surface area contributed by atoms with E-state index in [2.05, 4.69) is 18.7 Å². The van der Waals surface area contributed by atoms with E-state index < -0.39 is 0 Å². The number of carbonyl (C=O) groups is 2. The molecule has 0 amide bonds. The Morgan fingerprint density at radius 1 is 0.703 bits per heavy atom. The van der Waals surface area contributed by atoms with Crippen LogP contribution in [0.1, 0.15) is 155 Å². The number of nitrogens with zero attached hydrogens (tertiary/aromatic N) is 1. The molecular formula is C32H64N2O3. The number of ether oxygens (including phenoxy) is 1. The van der Waals surface area contributed by atoms with Crippen molar-refractivity contribution in [3.8, 4) is 0 Å². The zero-order valence-corrected chi connectivity index (χ0v) is 25.0. The second-order valence-electron chi connectivity index (χ2n) is 11.1. The highest BCUT2D eigenvalue weighted by molar-refractivity contribution is 5.69. The van der Waals surface area contributed by atoms with Gasteiger partial charge in [0.15, 0.2) is 0 Å². The van der Waals surface area contributed by atoms with E-state index in [-0.39, 0.29) is 5.97 Å². The molecule has 0 saturated heterocycles. The summed E-state index contributed by atoms with van der Waals surface area (Å²) in [5.74, 6) is 0.794. The molecule has 0 aromatic rings. The van der Waals surface area contributed by atoms with E-state index in [1.807, 2.05) is 0 Å². The Labute approximate surface area is 231 Å². The number of aldehydes is 1. The van der Waals surface area contributed by atoms with Gasteiger partial charge in [0, 0.05) is 12.8 Å². The highest BCUT2D eigenvalue weighted by Gasteiger charge is 2.10. The van der Waals surface area contributed by atoms with Crippen LogP contribution in [0.4, 0.5) is 0 Å². The molecule has 0 aromatic carbocycles. The van der Waals surface area contributed by atoms with Gasteiger partial charge in [-0.05, 0) is 83.5 Å². The third kappa shape index (κ3) is 26.5. The maximum Gasteiger partial charge on any atom is 0.305 e. The number of hydrogen-bond acceptors (Lipinski definition) is 5. The predicted molar refractivity (Wildman–Crippen MR) is 159 cm³/mol. The van der Waals surface area contributed by atoms with Crippen LogP contribution in [0.25, 0.3) is 0 Å². The molecule has 2 N–H and O–H groups in total. The maximum atomic E-state index is 12.2. The highest BCUT2D eigenvalue weighted by atomic mass is 16.5. The van der Waals surface area contributed by atoms with E-state index in [0.29, 0.717) is 19.4 Å². The fraction of sp³-hybridized carbons (Fsp3) is 0.938. The van der Waals surface area contributed by atoms with Gasteiger partial charge in [-0.3, -0.25) is 4.79 Å². The van der Waals surface area contributed by atoms with Crippen molar-refractivity contribution in [2.75, 3.05) is 32.8 Å². The standard InChI is InChI=1S/C32H64N2O3/c1-3-5-7-12-21-31(22-13-8-6-4-2)23-20-30-37-32(36)24-14-11-17-27-34(28-18-15-25-33)26-16-9-10-19-29-35/h29,31H,3-28,30,33H2,1-2H3. The Hall–Kier alpha value is -0.940. The van der Waals surface area contributed by atoms with Crippen LogP contribution in [-0.4, -0.2) is 49.9 Å². The first kappa shape index (κ1) is 36.1. The van der Waals surface area contributed by atoms with Crippen LogP contribution in [0.3, 0.4) is 0 Å². The lowest BCUT2D eigenvalue weighted by Gasteiger charge is -2.22. The van der Waals surface area contributed by atoms with Crippen LogP contribution in [0.15, 0.2) is 0 Å². The summed E-state index contributed by atoms with van der Waals surface area (Å²) in [4.78, 5) is 25.2. The number of hydrogen-bond donors (Lipinski definition) is 1. The first-order chi connectivity index (χ1) is 18.2. The summed E-state index contributed by atoms with van der Waals surface area (Å²) >= 11 is 0. The molecule has 0 unspecified atom stereocenters. The SMILES string of the molecule is CCCCCCC(CCCCCC)CCCOC(=O)CCCCCN(CCCCN)CCCCCC=O. The molecular weight excluding hydrogens is 460 g/mol. The Bertz CT molecular complexity index is 475. The van der Waals surface area contributed by atoms with Crippen molar-refractivity contribution in [1.82, 2.24) is 4.90 Å². The van der Waals surface area contributed by atoms with Crippen molar-refractivity contribution in [2.24, 2.45) is 11.7 Å². The van der Waals surface area contributed by atoms with Gasteiger partial charge >= 0.3 is 5.97 Å². The second-order valence-corrected chi connectivity index (χ2v) is 11.1. The van der Waals surface area contributed by atoms with Gasteiger partial charge in [0.05, 0.1) is 6.61 Å². The normalized spacial score (nSPS) is 11.5. The van der Waals surface area contributed by atoms with Gasteiger partial charge in [-0.25, -0.2) is 0 Å². The smallest absolute Gasteiger partial charge is 0.305 e. The average molecular weight is 525 g/mol. The molecule has 0 fully saturated rings. The van der Waals surface area contributed by atoms with Gasteiger partial charge in [-0.1, -0.05) is 90.9 Å². The van der Waals surface area contributed by atoms with Crippen molar-refractivity contribution < 1.29 is 14.3 Å². The molecule has 0 bridgehead atoms. The number of carbonyl (C=O) groups excluding carboxylic acids is 2. The molecule has 0 heterocycles. The fourth-order valence-corrected chi connectivity index (χ4v) is 5.12. The number of unbranched alkanes of at least 4 members (excludes halogenated alkanes) is 12. The van der Waals surface area contributed by atoms with Crippen molar-refractivity contribution in [3.63, 3.8) is 0 Å². The van der Waals surface area contributed by atoms with Gasteiger partial charge in [0.2, 0.25) is 0 Å². The molecule has 0 aromatic heterocycles. The number of esters is 1. The molecule has 0 aliphatic rings. The van der Waals surface area contributed by atoms with Crippen LogP contribution < -0.4 is 5.73 Å². The van der Waals surface area contributed by atoms with Crippen molar-refractivity contribution >= 4 is 12.3 Å². The van der Waals surface area contributed by atoms with E-state index in [0.717, 1.165) is 96.2 Å². The van der Waals surface area contributed by atoms with E-state index in [1.165, 1.54) is 70.6 Å². The lowest BCUT2D eigenvalue weighted by Crippen LogP contribution is -2.27. The second kappa shape index (κ2) is 29.6. The predicted octanol–water partition coefficient (Wildman–Crippen LogP) is 8.23. The van der Waals surface area contributed by atoms with E-state index in [1.54, 1.807) is 0 Å². The monoisotopic (exact) mass is 524 g/mol. The Kier molecular flexibility index (Phi) is 28.9. The largest absolute Gasteiger partial charge is 0.466 e. The summed E-state index contributed by atoms with van der Waals surface area (Å²) in [7, 11) is 0. The summed E-state index contributed by atoms with van der Waals surface area (Å²) < 4.78 is 5.57. The summed E-state index contributed by atoms with van der Waals surface area (Å²) in [6.07, 6.45) is 26.6. The van der Waals surface area contributed by atoms with Crippen molar-refractivity contribution in [1.29, 1.82) is 0 Å². The molecule has 37 heavy (non-hydrogen) atoms. The Morgan fingerprint density at radius 2 is 1.24 bits per heavy atom. The first-order valence-electron chi connectivity index (χ1n) is 16.2. The average Bonchev–Trinajstić information content (AvgIpc) is 2.90. The van der Waals surface area contributed by atoms with E-state index in [4.69, 9.17) is 10.5 Å². The Balaban J connectivity index is 3.99. The highest BCUT2D eigenvalue weighted by Crippen LogP contribution is 2.23. The summed E-state index contributed by atoms with van der Waals surface area (Å²) in [5, 5.41) is 0. The fourth-order valence-electron chi connectivity index (χ4n) is 5.12. The summed E-state index contributed by atoms with van der Waals surface area (Å²) in [6.45, 7) is 9.20. The van der Waals surface area contributed by atoms with E-state index >= 15 is 0 Å². The van der Waals surface area contributed by atoms with Gasteiger partial charge in [0.1, 0.15) is 6.29 Å². The molecule has 5 nitrogen and oxygen atoms in total. The number of rotatable bonds is 30. The van der Waals surface area contributed by atoms with Crippen molar-refractivity contribution in [2.45, 2.75) is 155 Å². The summed E-state index contributed by atoms with van der Waals surface area (Å²) in [5.41, 5.74) is 5.66. The molecule has 220 valence electrons. The topological polar surface area (TPSA) is 72.6 Å². The molecule has 0 aliphatic carbocycles. The molecule has 0 rings (SSSR count). The number of nitrogens with two attached hydrogens (primary N) is 1. The maximum absolute atomic E-state index is 12.2. The minimum Gasteiger partial charge on any atom is -0.466 e. The lowest BCUT2D eigenvalue weighted by molar-refractivity contribution is -0.144. The van der Waals surface area contributed by atoms with Gasteiger partial charge in [0.25, 0.3) is 0 Å². The van der Waals surface area contributed by atoms with Crippen molar-refractivity contribution in [3.05, 3.63) is 0 Å². The molecule has 0 saturated carbocycles. The van der Waals surface area contributed by atoms with Crippen LogP contribution in [-0.2, 0) is 14.3 Å². The quantitative estimate of drug-likeness (QED) is 0.0582. The minimum absolute atomic E-state index is 0.0163. The van der Waals surface area contributed by atoms with Crippen LogP contribution in [0.5, 0.6) is 0 Å². The summed E-state index contributed by atoms with van der Waals surface area (Å²) in [6, 6.07) is 0. The zero-order valence-electron chi connectivity index (χ0n) is 25.0. The van der Waals surface area contributed by atoms with Crippen LogP contribution in [0.2, 0.25) is 0 Å². The molecule has 0 aliphatic heterocycles. The molecule has 0 spiro atoms. The first-order valence-corrected chi connectivity index (χ1v) is 16.2. The third-order valence-electron chi connectivity index (χ3n) is 7.53. The van der Waals surface area contributed by atoms with E-state index in [9.17, 15) is 9.59 Å². The Morgan fingerprint density at radius 3 is 1.81 bits per heavy atom. The minimum atomic E-state index is -0.0163. The third-order valence-corrected chi connectivity index (χ3v) is 7.53. The van der Waals surface area contributed by atoms with Crippen LogP contribution in [0, 0.1) is 5.92 Å².